The minimum absolute atomic E-state index is 0.489. The van der Waals surface area contributed by atoms with Gasteiger partial charge in [-0.25, -0.2) is 0 Å². The summed E-state index contributed by atoms with van der Waals surface area (Å²) in [5.41, 5.74) is 18.5. The second-order valence-corrected chi connectivity index (χ2v) is 16.8. The molecule has 0 spiro atoms. The lowest BCUT2D eigenvalue weighted by molar-refractivity contribution is 0.476. The van der Waals surface area contributed by atoms with Gasteiger partial charge < -0.3 is 14.2 Å². The smallest absolute Gasteiger partial charge is 0.152 e. The summed E-state index contributed by atoms with van der Waals surface area (Å²) >= 11 is 0. The van der Waals surface area contributed by atoms with E-state index in [0.717, 1.165) is 50.9 Å². The van der Waals surface area contributed by atoms with E-state index in [4.69, 9.17) is 4.74 Å². The summed E-state index contributed by atoms with van der Waals surface area (Å²) < 4.78 is 8.84. The molecule has 2 aliphatic rings. The van der Waals surface area contributed by atoms with Crippen molar-refractivity contribution in [2.24, 2.45) is 0 Å². The fourth-order valence-corrected chi connectivity index (χ4v) is 10.8. The lowest BCUT2D eigenvalue weighted by Crippen LogP contribution is -2.28. The van der Waals surface area contributed by atoms with E-state index in [1.807, 2.05) is 6.07 Å². The first-order chi connectivity index (χ1) is 31.8. The molecule has 1 aliphatic heterocycles. The topological polar surface area (TPSA) is 17.4 Å². The molecule has 13 rings (SSSR count). The van der Waals surface area contributed by atoms with Gasteiger partial charge in [0.15, 0.2) is 11.5 Å². The number of benzene rings is 10. The summed E-state index contributed by atoms with van der Waals surface area (Å²) in [7, 11) is 0. The number of hydrogen-bond acceptors (Lipinski definition) is 2. The van der Waals surface area contributed by atoms with Crippen LogP contribution in [-0.4, -0.2) is 4.57 Å². The molecular formula is C61H40N2O. The van der Waals surface area contributed by atoms with Gasteiger partial charge in [-0.05, 0) is 111 Å². The fraction of sp³-hybridized carbons (Fsp3) is 0.0164. The van der Waals surface area contributed by atoms with E-state index in [9.17, 15) is 0 Å². The Bertz CT molecular complexity index is 3530. The molecule has 0 fully saturated rings. The van der Waals surface area contributed by atoms with Crippen LogP contribution in [0.25, 0.3) is 60.9 Å². The molecule has 0 radical (unpaired) electrons. The van der Waals surface area contributed by atoms with Crippen molar-refractivity contribution in [3.63, 3.8) is 0 Å². The highest BCUT2D eigenvalue weighted by Crippen LogP contribution is 2.57. The Morgan fingerprint density at radius 1 is 0.344 bits per heavy atom. The lowest BCUT2D eigenvalue weighted by Gasteiger charge is -2.35. The van der Waals surface area contributed by atoms with Crippen molar-refractivity contribution < 1.29 is 4.74 Å². The van der Waals surface area contributed by atoms with Crippen LogP contribution in [0.15, 0.2) is 243 Å². The van der Waals surface area contributed by atoms with Crippen LogP contribution in [-0.2, 0) is 5.41 Å². The Kier molecular flexibility index (Phi) is 8.13. The molecular weight excluding hydrogens is 777 g/mol. The number of nitrogens with zero attached hydrogens (tertiary/aromatic N) is 2. The number of aromatic nitrogens is 1. The number of rotatable bonds is 7. The third kappa shape index (κ3) is 5.34. The van der Waals surface area contributed by atoms with E-state index < -0.39 is 5.41 Å². The highest BCUT2D eigenvalue weighted by atomic mass is 16.5. The molecule has 1 aliphatic carbocycles. The van der Waals surface area contributed by atoms with Crippen molar-refractivity contribution in [2.45, 2.75) is 5.41 Å². The van der Waals surface area contributed by atoms with E-state index in [2.05, 4.69) is 246 Å². The van der Waals surface area contributed by atoms with Gasteiger partial charge in [-0.1, -0.05) is 182 Å². The predicted octanol–water partition coefficient (Wildman–Crippen LogP) is 16.1. The van der Waals surface area contributed by atoms with Gasteiger partial charge in [-0.3, -0.25) is 0 Å². The summed E-state index contributed by atoms with van der Waals surface area (Å²) in [5.74, 6) is 1.75. The van der Waals surface area contributed by atoms with Crippen LogP contribution < -0.4 is 9.64 Å². The second-order valence-electron chi connectivity index (χ2n) is 16.8. The van der Waals surface area contributed by atoms with Crippen LogP contribution in [0, 0.1) is 0 Å². The monoisotopic (exact) mass is 816 g/mol. The van der Waals surface area contributed by atoms with Gasteiger partial charge >= 0.3 is 0 Å². The molecule has 0 unspecified atom stereocenters. The first-order valence-electron chi connectivity index (χ1n) is 22.0. The Balaban J connectivity index is 0.932. The summed E-state index contributed by atoms with van der Waals surface area (Å²) in [6.45, 7) is 0. The maximum Gasteiger partial charge on any atom is 0.152 e. The molecule has 64 heavy (non-hydrogen) atoms. The molecule has 3 nitrogen and oxygen atoms in total. The number of ether oxygens (including phenoxy) is 1. The van der Waals surface area contributed by atoms with Crippen molar-refractivity contribution in [1.82, 2.24) is 4.57 Å². The average Bonchev–Trinajstić information content (AvgIpc) is 3.87. The van der Waals surface area contributed by atoms with E-state index in [1.165, 1.54) is 60.8 Å². The minimum atomic E-state index is -0.489. The van der Waals surface area contributed by atoms with Crippen LogP contribution in [0.5, 0.6) is 11.5 Å². The molecule has 0 amide bonds. The molecule has 0 N–H and O–H groups in total. The van der Waals surface area contributed by atoms with Gasteiger partial charge in [0.25, 0.3) is 0 Å². The number of anilines is 3. The third-order valence-electron chi connectivity index (χ3n) is 13.4. The van der Waals surface area contributed by atoms with Gasteiger partial charge in [0.1, 0.15) is 0 Å². The number of hydrogen-bond donors (Lipinski definition) is 0. The quantitative estimate of drug-likeness (QED) is 0.159. The zero-order valence-corrected chi connectivity index (χ0v) is 34.9. The molecule has 0 atom stereocenters. The Morgan fingerprint density at radius 2 is 0.906 bits per heavy atom. The van der Waals surface area contributed by atoms with Crippen molar-refractivity contribution in [3.05, 3.63) is 265 Å². The molecule has 2 heterocycles. The average molecular weight is 817 g/mol. The first-order valence-corrected chi connectivity index (χ1v) is 22.0. The van der Waals surface area contributed by atoms with E-state index in [-0.39, 0.29) is 0 Å². The highest BCUT2D eigenvalue weighted by Gasteiger charge is 2.46. The van der Waals surface area contributed by atoms with Crippen molar-refractivity contribution in [3.8, 4) is 50.6 Å². The van der Waals surface area contributed by atoms with Crippen molar-refractivity contribution in [2.75, 3.05) is 4.90 Å². The Labute approximate surface area is 372 Å². The maximum atomic E-state index is 6.44. The zero-order chi connectivity index (χ0) is 42.2. The number of fused-ring (bicyclic) bond motifs is 8. The molecule has 10 aromatic carbocycles. The normalized spacial score (nSPS) is 12.9. The van der Waals surface area contributed by atoms with E-state index in [1.54, 1.807) is 0 Å². The molecule has 0 bridgehead atoms. The SMILES string of the molecule is c1ccc(N(c2ccc(-c3cccc(-c4cccc5c6cccc7c6n(c45)-c4ccccc4O7)c3)cc2)c2ccc3c(c2)C(c2ccccc2)(c2ccccc2)c2ccccc2-3)cc1. The van der Waals surface area contributed by atoms with Crippen LogP contribution in [0.1, 0.15) is 22.3 Å². The van der Waals surface area contributed by atoms with Gasteiger partial charge in [0.2, 0.25) is 0 Å². The van der Waals surface area contributed by atoms with Gasteiger partial charge in [0, 0.05) is 33.4 Å². The molecule has 11 aromatic rings. The summed E-state index contributed by atoms with van der Waals surface area (Å²) in [5, 5.41) is 2.41. The van der Waals surface area contributed by atoms with Crippen LogP contribution in [0.3, 0.4) is 0 Å². The van der Waals surface area contributed by atoms with Crippen LogP contribution >= 0.6 is 0 Å². The standard InChI is InChI=1S/C61H40N2O/c1-4-19-44(20-5-1)61(45-21-6-2-7-22-45)54-29-11-10-25-50(54)51-38-37-48(40-55(51)61)62(46-23-8-3-9-24-46)47-35-33-41(34-36-47)42-17-14-18-43(39-42)49-26-15-27-52-53-28-16-32-58-60(53)63(59(49)52)56-30-12-13-31-57(56)64-58/h1-40H. The minimum Gasteiger partial charge on any atom is -0.453 e. The molecule has 300 valence electrons. The summed E-state index contributed by atoms with van der Waals surface area (Å²) in [6.07, 6.45) is 0. The molecule has 0 saturated carbocycles. The molecule has 0 saturated heterocycles. The number of para-hydroxylation sites is 5. The Morgan fingerprint density at radius 3 is 1.69 bits per heavy atom. The third-order valence-corrected chi connectivity index (χ3v) is 13.4. The fourth-order valence-electron chi connectivity index (χ4n) is 10.8. The zero-order valence-electron chi connectivity index (χ0n) is 34.9. The van der Waals surface area contributed by atoms with E-state index in [0.29, 0.717) is 0 Å². The second kappa shape index (κ2) is 14.3. The molecule has 3 heteroatoms. The van der Waals surface area contributed by atoms with Gasteiger partial charge in [0.05, 0.1) is 22.1 Å². The van der Waals surface area contributed by atoms with Gasteiger partial charge in [-0.2, -0.15) is 0 Å². The maximum absolute atomic E-state index is 6.44. The van der Waals surface area contributed by atoms with Crippen molar-refractivity contribution in [1.29, 1.82) is 0 Å². The Hall–Kier alpha value is -8.40. The highest BCUT2D eigenvalue weighted by molar-refractivity contribution is 6.16. The summed E-state index contributed by atoms with van der Waals surface area (Å²) in [6, 6.07) is 88.2. The van der Waals surface area contributed by atoms with Crippen LogP contribution in [0.2, 0.25) is 0 Å². The lowest BCUT2D eigenvalue weighted by atomic mass is 9.67. The van der Waals surface area contributed by atoms with Crippen molar-refractivity contribution >= 4 is 38.9 Å². The largest absolute Gasteiger partial charge is 0.453 e. The first kappa shape index (κ1) is 36.3. The predicted molar refractivity (Wildman–Crippen MR) is 264 cm³/mol. The van der Waals surface area contributed by atoms with Gasteiger partial charge in [-0.15, -0.1) is 0 Å². The molecule has 1 aromatic heterocycles. The summed E-state index contributed by atoms with van der Waals surface area (Å²) in [4.78, 5) is 2.39. The van der Waals surface area contributed by atoms with Crippen LogP contribution in [0.4, 0.5) is 17.1 Å². The van der Waals surface area contributed by atoms with E-state index >= 15 is 0 Å².